The van der Waals surface area contributed by atoms with Crippen molar-refractivity contribution >= 4 is 0 Å². The molecule has 1 unspecified atom stereocenters. The minimum atomic E-state index is 0.310. The van der Waals surface area contributed by atoms with E-state index in [1.165, 1.54) is 0 Å². The van der Waals surface area contributed by atoms with E-state index in [2.05, 4.69) is 10.1 Å². The van der Waals surface area contributed by atoms with E-state index in [0.717, 1.165) is 5.75 Å². The molecular weight excluding hydrogens is 230 g/mol. The van der Waals surface area contributed by atoms with Crippen molar-refractivity contribution in [3.63, 3.8) is 0 Å². The Morgan fingerprint density at radius 3 is 2.83 bits per heavy atom. The van der Waals surface area contributed by atoms with Crippen molar-refractivity contribution in [3.8, 4) is 5.75 Å². The normalized spacial score (nSPS) is 12.3. The van der Waals surface area contributed by atoms with E-state index >= 15 is 0 Å². The molecule has 0 saturated heterocycles. The maximum atomic E-state index is 5.55. The predicted molar refractivity (Wildman–Crippen MR) is 67.0 cm³/mol. The number of rotatable bonds is 6. The van der Waals surface area contributed by atoms with Crippen molar-refractivity contribution in [1.29, 1.82) is 0 Å². The van der Waals surface area contributed by atoms with E-state index in [1.54, 1.807) is 0 Å². The molecule has 2 aromatic rings. The van der Waals surface area contributed by atoms with Crippen LogP contribution in [0.15, 0.2) is 34.9 Å². The average Bonchev–Trinajstić information content (AvgIpc) is 2.85. The van der Waals surface area contributed by atoms with E-state index in [-0.39, 0.29) is 0 Å². The Labute approximate surface area is 106 Å². The van der Waals surface area contributed by atoms with Gasteiger partial charge in [-0.1, -0.05) is 30.3 Å². The van der Waals surface area contributed by atoms with Crippen LogP contribution in [0.4, 0.5) is 0 Å². The van der Waals surface area contributed by atoms with Crippen molar-refractivity contribution in [3.05, 3.63) is 42.0 Å². The highest BCUT2D eigenvalue weighted by molar-refractivity contribution is 5.20. The lowest BCUT2D eigenvalue weighted by molar-refractivity contribution is 0.284. The van der Waals surface area contributed by atoms with Gasteiger partial charge in [0.15, 0.2) is 6.61 Å². The zero-order valence-electron chi connectivity index (χ0n) is 10.4. The third-order valence-electron chi connectivity index (χ3n) is 2.55. The van der Waals surface area contributed by atoms with E-state index in [4.69, 9.17) is 15.0 Å². The molecule has 5 nitrogen and oxygen atoms in total. The number of hydrogen-bond donors (Lipinski definition) is 1. The van der Waals surface area contributed by atoms with Gasteiger partial charge in [-0.05, 0) is 24.6 Å². The average molecular weight is 247 g/mol. The second-order valence-corrected chi connectivity index (χ2v) is 4.25. The molecule has 0 aliphatic rings. The summed E-state index contributed by atoms with van der Waals surface area (Å²) >= 11 is 0. The molecule has 1 aromatic carbocycles. The molecule has 0 spiro atoms. The van der Waals surface area contributed by atoms with E-state index in [1.807, 2.05) is 37.3 Å². The molecule has 0 amide bonds. The molecule has 0 saturated carbocycles. The number of benzene rings is 1. The molecule has 0 aliphatic heterocycles. The van der Waals surface area contributed by atoms with E-state index < -0.39 is 0 Å². The summed E-state index contributed by atoms with van der Waals surface area (Å²) in [7, 11) is 0. The molecular formula is C13H17N3O2. The molecule has 0 fully saturated rings. The van der Waals surface area contributed by atoms with Crippen LogP contribution in [0.5, 0.6) is 5.75 Å². The van der Waals surface area contributed by atoms with Gasteiger partial charge < -0.3 is 15.0 Å². The van der Waals surface area contributed by atoms with Gasteiger partial charge in [0.2, 0.25) is 11.7 Å². The lowest BCUT2D eigenvalue weighted by Gasteiger charge is -2.02. The Morgan fingerprint density at radius 2 is 2.11 bits per heavy atom. The van der Waals surface area contributed by atoms with Crippen molar-refractivity contribution in [2.24, 2.45) is 11.7 Å². The fourth-order valence-corrected chi connectivity index (χ4v) is 1.48. The van der Waals surface area contributed by atoms with Crippen molar-refractivity contribution in [2.45, 2.75) is 20.0 Å². The number of ether oxygens (including phenoxy) is 1. The van der Waals surface area contributed by atoms with Crippen molar-refractivity contribution in [1.82, 2.24) is 10.1 Å². The first-order valence-electron chi connectivity index (χ1n) is 5.97. The van der Waals surface area contributed by atoms with Crippen molar-refractivity contribution < 1.29 is 9.26 Å². The topological polar surface area (TPSA) is 74.2 Å². The molecule has 96 valence electrons. The zero-order valence-corrected chi connectivity index (χ0v) is 10.4. The standard InChI is InChI=1S/C13H17N3O2/c1-10(8-14)7-13-15-12(16-18-13)9-17-11-5-3-2-4-6-11/h2-6,10H,7-9,14H2,1H3. The summed E-state index contributed by atoms with van der Waals surface area (Å²) in [6.07, 6.45) is 0.703. The van der Waals surface area contributed by atoms with E-state index in [9.17, 15) is 0 Å². The van der Waals surface area contributed by atoms with Crippen LogP contribution in [-0.2, 0) is 13.0 Å². The molecule has 0 aliphatic carbocycles. The monoisotopic (exact) mass is 247 g/mol. The molecule has 1 aromatic heterocycles. The van der Waals surface area contributed by atoms with Crippen LogP contribution in [0.2, 0.25) is 0 Å². The molecule has 0 bridgehead atoms. The fourth-order valence-electron chi connectivity index (χ4n) is 1.48. The van der Waals surface area contributed by atoms with Gasteiger partial charge in [0.05, 0.1) is 0 Å². The van der Waals surface area contributed by atoms with Gasteiger partial charge in [-0.3, -0.25) is 0 Å². The second kappa shape index (κ2) is 6.16. The van der Waals surface area contributed by atoms with Gasteiger partial charge in [0, 0.05) is 6.42 Å². The molecule has 2 rings (SSSR count). The smallest absolute Gasteiger partial charge is 0.227 e. The largest absolute Gasteiger partial charge is 0.485 e. The van der Waals surface area contributed by atoms with Crippen molar-refractivity contribution in [2.75, 3.05) is 6.54 Å². The molecule has 5 heteroatoms. The summed E-state index contributed by atoms with van der Waals surface area (Å²) in [5.74, 6) is 2.30. The minimum absolute atomic E-state index is 0.310. The van der Waals surface area contributed by atoms with Crippen LogP contribution in [0.1, 0.15) is 18.6 Å². The first-order chi connectivity index (χ1) is 8.78. The number of para-hydroxylation sites is 1. The second-order valence-electron chi connectivity index (χ2n) is 4.25. The Morgan fingerprint density at radius 1 is 1.33 bits per heavy atom. The zero-order chi connectivity index (χ0) is 12.8. The highest BCUT2D eigenvalue weighted by Gasteiger charge is 2.10. The molecule has 1 heterocycles. The SMILES string of the molecule is CC(CN)Cc1nc(COc2ccccc2)no1. The van der Waals surface area contributed by atoms with Crippen LogP contribution in [0, 0.1) is 5.92 Å². The number of nitrogens with two attached hydrogens (primary N) is 1. The maximum Gasteiger partial charge on any atom is 0.227 e. The molecule has 0 radical (unpaired) electrons. The van der Waals surface area contributed by atoms with Gasteiger partial charge in [-0.15, -0.1) is 0 Å². The van der Waals surface area contributed by atoms with Gasteiger partial charge in [0.1, 0.15) is 5.75 Å². The number of aromatic nitrogens is 2. The number of hydrogen-bond acceptors (Lipinski definition) is 5. The van der Waals surface area contributed by atoms with E-state index in [0.29, 0.717) is 37.2 Å². The lowest BCUT2D eigenvalue weighted by atomic mass is 10.1. The lowest BCUT2D eigenvalue weighted by Crippen LogP contribution is -2.13. The van der Waals surface area contributed by atoms with Crippen LogP contribution < -0.4 is 10.5 Å². The minimum Gasteiger partial charge on any atom is -0.485 e. The Hall–Kier alpha value is -1.88. The summed E-state index contributed by atoms with van der Waals surface area (Å²) < 4.78 is 10.7. The fraction of sp³-hybridized carbons (Fsp3) is 0.385. The first kappa shape index (κ1) is 12.6. The summed E-state index contributed by atoms with van der Waals surface area (Å²) in [5, 5.41) is 3.87. The van der Waals surface area contributed by atoms with Crippen LogP contribution in [-0.4, -0.2) is 16.7 Å². The summed E-state index contributed by atoms with van der Waals surface area (Å²) in [6, 6.07) is 9.54. The Kier molecular flexibility index (Phi) is 4.30. The van der Waals surface area contributed by atoms with Crippen LogP contribution in [0.3, 0.4) is 0 Å². The van der Waals surface area contributed by atoms with Gasteiger partial charge in [0.25, 0.3) is 0 Å². The predicted octanol–water partition coefficient (Wildman–Crippen LogP) is 1.79. The quantitative estimate of drug-likeness (QED) is 0.842. The third-order valence-corrected chi connectivity index (χ3v) is 2.55. The molecule has 1 atom stereocenters. The Balaban J connectivity index is 1.87. The number of nitrogens with zero attached hydrogens (tertiary/aromatic N) is 2. The first-order valence-corrected chi connectivity index (χ1v) is 5.97. The van der Waals surface area contributed by atoms with Gasteiger partial charge >= 0.3 is 0 Å². The maximum absolute atomic E-state index is 5.55. The van der Waals surface area contributed by atoms with Crippen LogP contribution in [0.25, 0.3) is 0 Å². The molecule has 2 N–H and O–H groups in total. The van der Waals surface area contributed by atoms with Crippen LogP contribution >= 0.6 is 0 Å². The highest BCUT2D eigenvalue weighted by Crippen LogP contribution is 2.11. The summed E-state index contributed by atoms with van der Waals surface area (Å²) in [6.45, 7) is 2.97. The summed E-state index contributed by atoms with van der Waals surface area (Å²) in [4.78, 5) is 4.25. The van der Waals surface area contributed by atoms with Gasteiger partial charge in [-0.25, -0.2) is 0 Å². The highest BCUT2D eigenvalue weighted by atomic mass is 16.5. The summed E-state index contributed by atoms with van der Waals surface area (Å²) in [5.41, 5.74) is 5.55. The molecule has 18 heavy (non-hydrogen) atoms. The third kappa shape index (κ3) is 3.56. The van der Waals surface area contributed by atoms with Gasteiger partial charge in [-0.2, -0.15) is 4.98 Å². The Bertz CT molecular complexity index is 470.